The van der Waals surface area contributed by atoms with Crippen LogP contribution in [0, 0.1) is 0 Å². The molecule has 1 rings (SSSR count). The van der Waals surface area contributed by atoms with E-state index in [1.165, 1.54) is 0 Å². The van der Waals surface area contributed by atoms with Crippen LogP contribution in [0.1, 0.15) is 29.9 Å². The van der Waals surface area contributed by atoms with Gasteiger partial charge in [0.2, 0.25) is 0 Å². The molecule has 3 heteroatoms. The maximum atomic E-state index is 10.4. The van der Waals surface area contributed by atoms with E-state index in [9.17, 15) is 4.79 Å². The van der Waals surface area contributed by atoms with Gasteiger partial charge in [0.25, 0.3) is 0 Å². The van der Waals surface area contributed by atoms with Crippen molar-refractivity contribution < 1.29 is 9.53 Å². The summed E-state index contributed by atoms with van der Waals surface area (Å²) in [5.41, 5.74) is 1.45. The Morgan fingerprint density at radius 3 is 2.85 bits per heavy atom. The first-order chi connectivity index (χ1) is 6.31. The third kappa shape index (κ3) is 2.28. The van der Waals surface area contributed by atoms with Gasteiger partial charge in [0.05, 0.1) is 6.61 Å². The van der Waals surface area contributed by atoms with Crippen LogP contribution in [0.4, 0.5) is 0 Å². The summed E-state index contributed by atoms with van der Waals surface area (Å²) in [6.07, 6.45) is 3.28. The van der Waals surface area contributed by atoms with E-state index in [1.54, 1.807) is 12.3 Å². The predicted molar refractivity (Wildman–Crippen MR) is 50.2 cm³/mol. The highest BCUT2D eigenvalue weighted by molar-refractivity contribution is 5.72. The molecule has 13 heavy (non-hydrogen) atoms. The zero-order valence-electron chi connectivity index (χ0n) is 7.91. The van der Waals surface area contributed by atoms with Crippen LogP contribution in [0.2, 0.25) is 0 Å². The molecule has 0 fully saturated rings. The average Bonchev–Trinajstić information content (AvgIpc) is 2.18. The lowest BCUT2D eigenvalue weighted by Gasteiger charge is -2.07. The number of hydrogen-bond acceptors (Lipinski definition) is 3. The molecule has 0 radical (unpaired) electrons. The fraction of sp³-hybridized carbons (Fsp3) is 0.400. The monoisotopic (exact) mass is 179 g/mol. The average molecular weight is 179 g/mol. The quantitative estimate of drug-likeness (QED) is 0.662. The molecule has 1 aromatic rings. The number of ether oxygens (including phenoxy) is 1. The zero-order chi connectivity index (χ0) is 9.68. The van der Waals surface area contributed by atoms with E-state index in [1.807, 2.05) is 13.8 Å². The van der Waals surface area contributed by atoms with Crippen molar-refractivity contribution in [1.82, 2.24) is 4.98 Å². The Kier molecular flexibility index (Phi) is 3.43. The van der Waals surface area contributed by atoms with Crippen LogP contribution in [0.5, 0.6) is 5.75 Å². The van der Waals surface area contributed by atoms with Gasteiger partial charge in [0, 0.05) is 17.8 Å². The van der Waals surface area contributed by atoms with Gasteiger partial charge in [-0.05, 0) is 13.3 Å². The minimum atomic E-state index is 0.417. The number of carbonyl (C=O) groups is 1. The van der Waals surface area contributed by atoms with Gasteiger partial charge in [-0.15, -0.1) is 0 Å². The highest BCUT2D eigenvalue weighted by atomic mass is 16.5. The molecular weight excluding hydrogens is 166 g/mol. The molecule has 0 aliphatic rings. The molecule has 0 bridgehead atoms. The lowest BCUT2D eigenvalue weighted by molar-refractivity contribution is 0.111. The second kappa shape index (κ2) is 4.60. The van der Waals surface area contributed by atoms with Crippen molar-refractivity contribution in [2.24, 2.45) is 0 Å². The van der Waals surface area contributed by atoms with Crippen LogP contribution in [0.25, 0.3) is 0 Å². The molecule has 0 N–H and O–H groups in total. The van der Waals surface area contributed by atoms with Crippen LogP contribution in [0.3, 0.4) is 0 Å². The predicted octanol–water partition coefficient (Wildman–Crippen LogP) is 1.86. The molecule has 0 saturated heterocycles. The van der Waals surface area contributed by atoms with Gasteiger partial charge in [-0.2, -0.15) is 0 Å². The molecule has 3 nitrogen and oxygen atoms in total. The van der Waals surface area contributed by atoms with Crippen molar-refractivity contribution in [3.05, 3.63) is 23.5 Å². The number of carbonyl (C=O) groups excluding carboxylic acids is 1. The molecule has 0 atom stereocenters. The molecular formula is C10H13NO2. The first-order valence-corrected chi connectivity index (χ1v) is 4.38. The van der Waals surface area contributed by atoms with Crippen LogP contribution in [-0.2, 0) is 6.42 Å². The summed E-state index contributed by atoms with van der Waals surface area (Å²) in [5, 5.41) is 0. The highest BCUT2D eigenvalue weighted by Crippen LogP contribution is 2.18. The number of aryl methyl sites for hydroxylation is 1. The Hall–Kier alpha value is -1.38. The molecule has 0 spiro atoms. The molecule has 1 heterocycles. The van der Waals surface area contributed by atoms with Gasteiger partial charge in [-0.1, -0.05) is 6.92 Å². The van der Waals surface area contributed by atoms with Crippen molar-refractivity contribution in [2.75, 3.05) is 6.61 Å². The largest absolute Gasteiger partial charge is 0.493 e. The number of nitrogens with zero attached hydrogens (tertiary/aromatic N) is 1. The van der Waals surface area contributed by atoms with Gasteiger partial charge >= 0.3 is 0 Å². The first kappa shape index (κ1) is 9.71. The van der Waals surface area contributed by atoms with Gasteiger partial charge in [-0.3, -0.25) is 9.78 Å². The Bertz CT molecular complexity index is 297. The van der Waals surface area contributed by atoms with E-state index in [0.717, 1.165) is 24.0 Å². The molecule has 0 saturated carbocycles. The van der Waals surface area contributed by atoms with Crippen molar-refractivity contribution >= 4 is 6.29 Å². The molecule has 0 aliphatic heterocycles. The van der Waals surface area contributed by atoms with Crippen molar-refractivity contribution in [3.63, 3.8) is 0 Å². The second-order valence-electron chi connectivity index (χ2n) is 2.62. The lowest BCUT2D eigenvalue weighted by Crippen LogP contribution is -1.98. The molecule has 0 amide bonds. The normalized spacial score (nSPS) is 9.69. The van der Waals surface area contributed by atoms with Crippen LogP contribution < -0.4 is 4.74 Å². The van der Waals surface area contributed by atoms with Gasteiger partial charge < -0.3 is 4.74 Å². The third-order valence-electron chi connectivity index (χ3n) is 1.77. The van der Waals surface area contributed by atoms with E-state index in [4.69, 9.17) is 4.74 Å². The van der Waals surface area contributed by atoms with Crippen LogP contribution >= 0.6 is 0 Å². The third-order valence-corrected chi connectivity index (χ3v) is 1.77. The lowest BCUT2D eigenvalue weighted by atomic mass is 10.2. The fourth-order valence-corrected chi connectivity index (χ4v) is 1.10. The van der Waals surface area contributed by atoms with E-state index in [2.05, 4.69) is 4.98 Å². The second-order valence-corrected chi connectivity index (χ2v) is 2.62. The number of aldehydes is 1. The minimum absolute atomic E-state index is 0.417. The SMILES string of the molecule is CCOc1cc(C=O)ncc1CC. The van der Waals surface area contributed by atoms with Gasteiger partial charge in [-0.25, -0.2) is 0 Å². The maximum absolute atomic E-state index is 10.4. The summed E-state index contributed by atoms with van der Waals surface area (Å²) in [6, 6.07) is 1.68. The summed E-state index contributed by atoms with van der Waals surface area (Å²) < 4.78 is 5.37. The van der Waals surface area contributed by atoms with E-state index in [-0.39, 0.29) is 0 Å². The fourth-order valence-electron chi connectivity index (χ4n) is 1.10. The van der Waals surface area contributed by atoms with E-state index >= 15 is 0 Å². The molecule has 0 aromatic carbocycles. The summed E-state index contributed by atoms with van der Waals surface area (Å²) in [6.45, 7) is 4.55. The van der Waals surface area contributed by atoms with Crippen LogP contribution in [0.15, 0.2) is 12.3 Å². The molecule has 1 aromatic heterocycles. The van der Waals surface area contributed by atoms with Crippen molar-refractivity contribution in [1.29, 1.82) is 0 Å². The zero-order valence-corrected chi connectivity index (χ0v) is 7.91. The number of hydrogen-bond donors (Lipinski definition) is 0. The van der Waals surface area contributed by atoms with Crippen molar-refractivity contribution in [2.45, 2.75) is 20.3 Å². The number of rotatable bonds is 4. The van der Waals surface area contributed by atoms with Gasteiger partial charge in [0.1, 0.15) is 11.4 Å². The summed E-state index contributed by atoms with van der Waals surface area (Å²) in [4.78, 5) is 14.4. The van der Waals surface area contributed by atoms with Gasteiger partial charge in [0.15, 0.2) is 6.29 Å². The smallest absolute Gasteiger partial charge is 0.168 e. The minimum Gasteiger partial charge on any atom is -0.493 e. The van der Waals surface area contributed by atoms with E-state index < -0.39 is 0 Å². The first-order valence-electron chi connectivity index (χ1n) is 4.38. The Balaban J connectivity index is 3.02. The summed E-state index contributed by atoms with van der Waals surface area (Å²) in [7, 11) is 0. The highest BCUT2D eigenvalue weighted by Gasteiger charge is 2.03. The maximum Gasteiger partial charge on any atom is 0.168 e. The topological polar surface area (TPSA) is 39.2 Å². The standard InChI is InChI=1S/C10H13NO2/c1-3-8-6-11-9(7-12)5-10(8)13-4-2/h5-7H,3-4H2,1-2H3. The Morgan fingerprint density at radius 1 is 1.54 bits per heavy atom. The number of aromatic nitrogens is 1. The summed E-state index contributed by atoms with van der Waals surface area (Å²) in [5.74, 6) is 0.766. The Morgan fingerprint density at radius 2 is 2.31 bits per heavy atom. The molecule has 0 aliphatic carbocycles. The van der Waals surface area contributed by atoms with Crippen LogP contribution in [-0.4, -0.2) is 17.9 Å². The summed E-state index contributed by atoms with van der Waals surface area (Å²) >= 11 is 0. The Labute approximate surface area is 77.8 Å². The number of pyridine rings is 1. The van der Waals surface area contributed by atoms with E-state index in [0.29, 0.717) is 12.3 Å². The van der Waals surface area contributed by atoms with Crippen molar-refractivity contribution in [3.8, 4) is 5.75 Å². The molecule has 0 unspecified atom stereocenters. The molecule has 70 valence electrons.